The number of thioether (sulfide) groups is 1. The van der Waals surface area contributed by atoms with Crippen LogP contribution in [0.1, 0.15) is 13.3 Å². The van der Waals surface area contributed by atoms with Crippen LogP contribution in [0.4, 0.5) is 5.69 Å². The van der Waals surface area contributed by atoms with Gasteiger partial charge in [-0.3, -0.25) is 14.9 Å². The molecule has 0 aliphatic carbocycles. The molecule has 2 aromatic rings. The first-order valence-corrected chi connectivity index (χ1v) is 11.9. The Morgan fingerprint density at radius 1 is 1.23 bits per heavy atom. The van der Waals surface area contributed by atoms with Crippen molar-refractivity contribution in [3.05, 3.63) is 58.6 Å². The van der Waals surface area contributed by atoms with Gasteiger partial charge in [-0.05, 0) is 43.7 Å². The van der Waals surface area contributed by atoms with Gasteiger partial charge in [0.1, 0.15) is 5.75 Å². The summed E-state index contributed by atoms with van der Waals surface area (Å²) in [6.45, 7) is 2.61. The molecule has 0 spiro atoms. The topological polar surface area (TPSA) is 107 Å². The van der Waals surface area contributed by atoms with Crippen LogP contribution >= 0.6 is 11.8 Å². The lowest BCUT2D eigenvalue weighted by atomic mass is 10.3. The molecule has 162 valence electrons. The van der Waals surface area contributed by atoms with Crippen LogP contribution < -0.4 is 4.74 Å². The van der Waals surface area contributed by atoms with Crippen LogP contribution in [0.2, 0.25) is 0 Å². The minimum atomic E-state index is -3.29. The smallest absolute Gasteiger partial charge is 0.269 e. The first-order chi connectivity index (χ1) is 14.1. The van der Waals surface area contributed by atoms with Crippen molar-refractivity contribution in [1.82, 2.24) is 4.90 Å². The van der Waals surface area contributed by atoms with Gasteiger partial charge in [-0.15, -0.1) is 11.8 Å². The average molecular weight is 453 g/mol. The highest BCUT2D eigenvalue weighted by Gasteiger charge is 2.19. The molecule has 2 rings (SSSR count). The fourth-order valence-corrected chi connectivity index (χ4v) is 4.25. The summed E-state index contributed by atoms with van der Waals surface area (Å²) < 4.78 is 28.8. The Kier molecular flexibility index (Phi) is 8.24. The van der Waals surface area contributed by atoms with Crippen molar-refractivity contribution in [3.8, 4) is 5.75 Å². The van der Waals surface area contributed by atoms with Gasteiger partial charge in [0.2, 0.25) is 5.91 Å². The van der Waals surface area contributed by atoms with Gasteiger partial charge in [0.25, 0.3) is 5.69 Å². The van der Waals surface area contributed by atoms with Gasteiger partial charge in [0.05, 0.1) is 21.7 Å². The second-order valence-corrected chi connectivity index (χ2v) is 10.1. The normalized spacial score (nSPS) is 12.2. The van der Waals surface area contributed by atoms with Crippen LogP contribution in [0.15, 0.2) is 58.3 Å². The third-order valence-electron chi connectivity index (χ3n) is 4.22. The lowest BCUT2D eigenvalue weighted by Crippen LogP contribution is -2.34. The number of carbonyl (C=O) groups is 1. The zero-order valence-corrected chi connectivity index (χ0v) is 18.6. The zero-order chi connectivity index (χ0) is 22.3. The second-order valence-electron chi connectivity index (χ2n) is 6.72. The predicted molar refractivity (Wildman–Crippen MR) is 116 cm³/mol. The number of hydrogen-bond donors (Lipinski definition) is 0. The van der Waals surface area contributed by atoms with Gasteiger partial charge in [0, 0.05) is 36.9 Å². The van der Waals surface area contributed by atoms with Crippen LogP contribution in [0.5, 0.6) is 5.75 Å². The maximum Gasteiger partial charge on any atom is 0.269 e. The van der Waals surface area contributed by atoms with E-state index >= 15 is 0 Å². The molecule has 0 aliphatic rings. The van der Waals surface area contributed by atoms with Crippen molar-refractivity contribution in [2.24, 2.45) is 0 Å². The van der Waals surface area contributed by atoms with E-state index in [4.69, 9.17) is 4.74 Å². The van der Waals surface area contributed by atoms with Crippen LogP contribution in [-0.4, -0.2) is 55.9 Å². The van der Waals surface area contributed by atoms with E-state index in [9.17, 15) is 23.3 Å². The Morgan fingerprint density at radius 2 is 1.90 bits per heavy atom. The van der Waals surface area contributed by atoms with E-state index in [1.165, 1.54) is 36.0 Å². The number of amides is 1. The molecule has 1 unspecified atom stereocenters. The Labute approximate surface area is 180 Å². The number of non-ortho nitro benzene ring substituents is 1. The van der Waals surface area contributed by atoms with Crippen molar-refractivity contribution < 1.29 is 22.9 Å². The number of carbonyl (C=O) groups excluding carboxylic acids is 1. The fourth-order valence-electron chi connectivity index (χ4n) is 2.61. The summed E-state index contributed by atoms with van der Waals surface area (Å²) in [7, 11) is -1.58. The molecule has 30 heavy (non-hydrogen) atoms. The van der Waals surface area contributed by atoms with Crippen molar-refractivity contribution in [1.29, 1.82) is 0 Å². The molecule has 0 saturated heterocycles. The molecule has 1 atom stereocenters. The lowest BCUT2D eigenvalue weighted by Gasteiger charge is -2.21. The molecule has 10 heteroatoms. The minimum absolute atomic E-state index is 0.0116. The Hall–Kier alpha value is -2.59. The van der Waals surface area contributed by atoms with Crippen molar-refractivity contribution >= 4 is 33.2 Å². The lowest BCUT2D eigenvalue weighted by molar-refractivity contribution is -0.384. The molecule has 2 aromatic carbocycles. The highest BCUT2D eigenvalue weighted by Crippen LogP contribution is 2.26. The van der Waals surface area contributed by atoms with E-state index in [2.05, 4.69) is 0 Å². The summed E-state index contributed by atoms with van der Waals surface area (Å²) in [6, 6.07) is 12.4. The molecule has 0 fully saturated rings. The first-order valence-electron chi connectivity index (χ1n) is 9.17. The summed E-state index contributed by atoms with van der Waals surface area (Å²) in [6.07, 6.45) is 1.73. The SMILES string of the molecule is CC(Sc1ccc([N+](=O)[O-])cc1)C(=O)N(C)CCCOc1cccc(S(C)(=O)=O)c1. The van der Waals surface area contributed by atoms with Crippen LogP contribution in [0, 0.1) is 10.1 Å². The fraction of sp³-hybridized carbons (Fsp3) is 0.350. The quantitative estimate of drug-likeness (QED) is 0.235. The number of hydrogen-bond acceptors (Lipinski definition) is 7. The molecule has 0 saturated carbocycles. The van der Waals surface area contributed by atoms with E-state index in [1.807, 2.05) is 0 Å². The number of benzene rings is 2. The van der Waals surface area contributed by atoms with E-state index in [0.717, 1.165) is 11.2 Å². The van der Waals surface area contributed by atoms with Gasteiger partial charge in [0.15, 0.2) is 9.84 Å². The molecule has 0 N–H and O–H groups in total. The van der Waals surface area contributed by atoms with Crippen molar-refractivity contribution in [3.63, 3.8) is 0 Å². The zero-order valence-electron chi connectivity index (χ0n) is 17.0. The summed E-state index contributed by atoms with van der Waals surface area (Å²) in [5, 5.41) is 10.4. The average Bonchev–Trinajstić information content (AvgIpc) is 2.70. The maximum atomic E-state index is 12.5. The van der Waals surface area contributed by atoms with Crippen molar-refractivity contribution in [2.75, 3.05) is 26.5 Å². The minimum Gasteiger partial charge on any atom is -0.493 e. The van der Waals surface area contributed by atoms with E-state index in [-0.39, 0.29) is 21.7 Å². The number of nitro groups is 1. The molecular weight excluding hydrogens is 428 g/mol. The second kappa shape index (κ2) is 10.4. The molecular formula is C20H24N2O6S2. The monoisotopic (exact) mass is 452 g/mol. The maximum absolute atomic E-state index is 12.5. The largest absolute Gasteiger partial charge is 0.493 e. The van der Waals surface area contributed by atoms with E-state index < -0.39 is 14.8 Å². The van der Waals surface area contributed by atoms with E-state index in [1.54, 1.807) is 43.1 Å². The van der Waals surface area contributed by atoms with Gasteiger partial charge >= 0.3 is 0 Å². The number of rotatable bonds is 10. The summed E-state index contributed by atoms with van der Waals surface area (Å²) in [4.78, 5) is 25.4. The predicted octanol–water partition coefficient (Wildman–Crippen LogP) is 3.41. The number of ether oxygens (including phenoxy) is 1. The van der Waals surface area contributed by atoms with Crippen LogP contribution in [0.3, 0.4) is 0 Å². The van der Waals surface area contributed by atoms with Crippen LogP contribution in [0.25, 0.3) is 0 Å². The molecule has 0 radical (unpaired) electrons. The third kappa shape index (κ3) is 7.03. The van der Waals surface area contributed by atoms with Gasteiger partial charge in [-0.1, -0.05) is 6.07 Å². The number of sulfone groups is 1. The summed E-state index contributed by atoms with van der Waals surface area (Å²) in [5.41, 5.74) is 0.0116. The summed E-state index contributed by atoms with van der Waals surface area (Å²) >= 11 is 1.34. The number of nitro benzene ring substituents is 1. The Bertz CT molecular complexity index is 993. The Balaban J connectivity index is 1.79. The summed E-state index contributed by atoms with van der Waals surface area (Å²) in [5.74, 6) is 0.409. The van der Waals surface area contributed by atoms with E-state index in [0.29, 0.717) is 25.3 Å². The molecule has 0 bridgehead atoms. The van der Waals surface area contributed by atoms with Crippen LogP contribution in [-0.2, 0) is 14.6 Å². The molecule has 8 nitrogen and oxygen atoms in total. The highest BCUT2D eigenvalue weighted by atomic mass is 32.2. The van der Waals surface area contributed by atoms with Gasteiger partial charge in [-0.2, -0.15) is 0 Å². The molecule has 0 heterocycles. The molecule has 0 aromatic heterocycles. The number of nitrogens with zero attached hydrogens (tertiary/aromatic N) is 2. The van der Waals surface area contributed by atoms with Crippen molar-refractivity contribution in [2.45, 2.75) is 28.4 Å². The standard InChI is InChI=1S/C20H24N2O6S2/c1-15(29-18-10-8-16(9-11-18)22(24)25)20(23)21(2)12-5-13-28-17-6-4-7-19(14-17)30(3,26)27/h4,6-11,14-15H,5,12-13H2,1-3H3. The Morgan fingerprint density at radius 3 is 2.50 bits per heavy atom. The first kappa shape index (κ1) is 23.7. The third-order valence-corrected chi connectivity index (χ3v) is 6.43. The van der Waals surface area contributed by atoms with Gasteiger partial charge in [-0.25, -0.2) is 8.42 Å². The van der Waals surface area contributed by atoms with Gasteiger partial charge < -0.3 is 9.64 Å². The molecule has 1 amide bonds. The molecule has 0 aliphatic heterocycles. The highest BCUT2D eigenvalue weighted by molar-refractivity contribution is 8.00.